The molecular formula is C10H22O4P-. The molecule has 0 N–H and O–H groups in total. The number of phosphoric acid groups is 1. The third kappa shape index (κ3) is 10.4. The van der Waals surface area contributed by atoms with E-state index in [1.54, 1.807) is 20.8 Å². The maximum Gasteiger partial charge on any atom is 0.268 e. The lowest BCUT2D eigenvalue weighted by atomic mass is 10.2. The Morgan fingerprint density at radius 3 is 2.27 bits per heavy atom. The molecule has 0 bridgehead atoms. The van der Waals surface area contributed by atoms with Crippen molar-refractivity contribution in [2.45, 2.75) is 59.0 Å². The standard InChI is InChI=1S/C10H23O4P/c1-5-6-7-8-9-13-15(11,12)14-10(2,3)4/h5-9H2,1-4H3,(H,11,12)/p-1. The highest BCUT2D eigenvalue weighted by atomic mass is 31.2. The molecule has 5 heteroatoms. The molecule has 0 heterocycles. The minimum absolute atomic E-state index is 0.219. The lowest BCUT2D eigenvalue weighted by Gasteiger charge is -2.30. The van der Waals surface area contributed by atoms with E-state index in [0.717, 1.165) is 25.7 Å². The maximum absolute atomic E-state index is 11.3. The molecule has 0 rings (SSSR count). The van der Waals surface area contributed by atoms with Gasteiger partial charge in [0.25, 0.3) is 7.82 Å². The summed E-state index contributed by atoms with van der Waals surface area (Å²) < 4.78 is 20.8. The molecule has 0 aliphatic rings. The van der Waals surface area contributed by atoms with Crippen molar-refractivity contribution in [2.75, 3.05) is 6.61 Å². The molecule has 0 amide bonds. The highest BCUT2D eigenvalue weighted by molar-refractivity contribution is 7.45. The summed E-state index contributed by atoms with van der Waals surface area (Å²) in [6.07, 6.45) is 3.97. The normalized spacial score (nSPS) is 16.3. The molecule has 0 aliphatic heterocycles. The van der Waals surface area contributed by atoms with Gasteiger partial charge in [-0.3, -0.25) is 4.57 Å². The van der Waals surface area contributed by atoms with Crippen LogP contribution >= 0.6 is 7.82 Å². The first-order chi connectivity index (χ1) is 6.77. The van der Waals surface area contributed by atoms with Crippen LogP contribution < -0.4 is 4.89 Å². The first-order valence-corrected chi connectivity index (χ1v) is 6.89. The third-order valence-corrected chi connectivity index (χ3v) is 2.90. The lowest BCUT2D eigenvalue weighted by molar-refractivity contribution is -0.233. The van der Waals surface area contributed by atoms with Gasteiger partial charge in [0.15, 0.2) is 0 Å². The van der Waals surface area contributed by atoms with Crippen LogP contribution in [0.15, 0.2) is 0 Å². The van der Waals surface area contributed by atoms with Crippen LogP contribution in [-0.4, -0.2) is 12.2 Å². The molecule has 0 aromatic rings. The van der Waals surface area contributed by atoms with E-state index >= 15 is 0 Å². The molecule has 15 heavy (non-hydrogen) atoms. The molecule has 4 nitrogen and oxygen atoms in total. The molecule has 0 saturated carbocycles. The Labute approximate surface area is 92.6 Å². The Bertz CT molecular complexity index is 210. The van der Waals surface area contributed by atoms with Crippen molar-refractivity contribution in [2.24, 2.45) is 0 Å². The summed E-state index contributed by atoms with van der Waals surface area (Å²) in [4.78, 5) is 11.3. The van der Waals surface area contributed by atoms with Gasteiger partial charge in [0.1, 0.15) is 0 Å². The SMILES string of the molecule is CCCCCCOP(=O)([O-])OC(C)(C)C. The van der Waals surface area contributed by atoms with Gasteiger partial charge >= 0.3 is 0 Å². The van der Waals surface area contributed by atoms with Crippen molar-refractivity contribution >= 4 is 7.82 Å². The Kier molecular flexibility index (Phi) is 6.69. The zero-order valence-corrected chi connectivity index (χ0v) is 11.0. The van der Waals surface area contributed by atoms with Crippen molar-refractivity contribution < 1.29 is 18.5 Å². The topological polar surface area (TPSA) is 58.6 Å². The molecule has 0 aromatic heterocycles. The number of hydrogen-bond acceptors (Lipinski definition) is 4. The minimum Gasteiger partial charge on any atom is -0.756 e. The monoisotopic (exact) mass is 237 g/mol. The molecule has 0 aliphatic carbocycles. The van der Waals surface area contributed by atoms with Crippen LogP contribution in [-0.2, 0) is 13.6 Å². The van der Waals surface area contributed by atoms with E-state index < -0.39 is 13.4 Å². The molecule has 0 fully saturated rings. The van der Waals surface area contributed by atoms with Gasteiger partial charge in [-0.15, -0.1) is 0 Å². The van der Waals surface area contributed by atoms with Gasteiger partial charge < -0.3 is 13.9 Å². The summed E-state index contributed by atoms with van der Waals surface area (Å²) in [5.74, 6) is 0. The van der Waals surface area contributed by atoms with Crippen LogP contribution in [0.25, 0.3) is 0 Å². The van der Waals surface area contributed by atoms with E-state index in [-0.39, 0.29) is 6.61 Å². The van der Waals surface area contributed by atoms with Gasteiger partial charge in [0.2, 0.25) is 0 Å². The largest absolute Gasteiger partial charge is 0.756 e. The van der Waals surface area contributed by atoms with Gasteiger partial charge in [-0.2, -0.15) is 0 Å². The molecule has 0 spiro atoms. The lowest BCUT2D eigenvalue weighted by Crippen LogP contribution is -2.22. The molecule has 1 atom stereocenters. The maximum atomic E-state index is 11.3. The van der Waals surface area contributed by atoms with E-state index in [1.807, 2.05) is 0 Å². The Hall–Kier alpha value is 0.110. The highest BCUT2D eigenvalue weighted by Gasteiger charge is 2.19. The second-order valence-corrected chi connectivity index (χ2v) is 5.88. The molecular weight excluding hydrogens is 215 g/mol. The second-order valence-electron chi connectivity index (χ2n) is 4.54. The van der Waals surface area contributed by atoms with E-state index in [1.165, 1.54) is 0 Å². The van der Waals surface area contributed by atoms with Gasteiger partial charge in [0, 0.05) is 0 Å². The fraction of sp³-hybridized carbons (Fsp3) is 1.00. The summed E-state index contributed by atoms with van der Waals surface area (Å²) >= 11 is 0. The Balaban J connectivity index is 3.70. The number of unbranched alkanes of at least 4 members (excludes halogenated alkanes) is 3. The zero-order valence-electron chi connectivity index (χ0n) is 10.1. The predicted molar refractivity (Wildman–Crippen MR) is 58.5 cm³/mol. The van der Waals surface area contributed by atoms with E-state index in [9.17, 15) is 9.46 Å². The van der Waals surface area contributed by atoms with Crippen molar-refractivity contribution in [3.05, 3.63) is 0 Å². The average molecular weight is 237 g/mol. The van der Waals surface area contributed by atoms with Crippen LogP contribution in [0, 0.1) is 0 Å². The minimum atomic E-state index is -4.11. The van der Waals surface area contributed by atoms with E-state index in [2.05, 4.69) is 6.92 Å². The Morgan fingerprint density at radius 1 is 1.20 bits per heavy atom. The number of rotatable bonds is 7. The van der Waals surface area contributed by atoms with Crippen LogP contribution in [0.5, 0.6) is 0 Å². The first kappa shape index (κ1) is 15.1. The molecule has 92 valence electrons. The van der Waals surface area contributed by atoms with Gasteiger partial charge in [-0.25, -0.2) is 0 Å². The van der Waals surface area contributed by atoms with Crippen LogP contribution in [0.4, 0.5) is 0 Å². The van der Waals surface area contributed by atoms with Gasteiger partial charge in [-0.1, -0.05) is 26.2 Å². The zero-order chi connectivity index (χ0) is 11.9. The van der Waals surface area contributed by atoms with Crippen molar-refractivity contribution in [3.8, 4) is 0 Å². The van der Waals surface area contributed by atoms with Crippen molar-refractivity contribution in [1.29, 1.82) is 0 Å². The Morgan fingerprint density at radius 2 is 1.80 bits per heavy atom. The summed E-state index contributed by atoms with van der Waals surface area (Å²) in [6.45, 7) is 7.35. The van der Waals surface area contributed by atoms with E-state index in [0.29, 0.717) is 0 Å². The smallest absolute Gasteiger partial charge is 0.268 e. The highest BCUT2D eigenvalue weighted by Crippen LogP contribution is 2.42. The third-order valence-electron chi connectivity index (χ3n) is 1.63. The quantitative estimate of drug-likeness (QED) is 0.504. The average Bonchev–Trinajstić information content (AvgIpc) is 1.99. The number of hydrogen-bond donors (Lipinski definition) is 0. The first-order valence-electron chi connectivity index (χ1n) is 5.43. The molecule has 0 saturated heterocycles. The number of phosphoric ester groups is 1. The molecule has 1 unspecified atom stereocenters. The summed E-state index contributed by atoms with van der Waals surface area (Å²) in [5, 5.41) is 0. The van der Waals surface area contributed by atoms with Gasteiger partial charge in [-0.05, 0) is 27.2 Å². The van der Waals surface area contributed by atoms with Crippen LogP contribution in [0.2, 0.25) is 0 Å². The second kappa shape index (κ2) is 6.64. The molecule has 0 aromatic carbocycles. The molecule has 0 radical (unpaired) electrons. The van der Waals surface area contributed by atoms with Crippen molar-refractivity contribution in [1.82, 2.24) is 0 Å². The summed E-state index contributed by atoms with van der Waals surface area (Å²) in [7, 11) is -4.11. The van der Waals surface area contributed by atoms with Crippen LogP contribution in [0.3, 0.4) is 0 Å². The fourth-order valence-corrected chi connectivity index (χ4v) is 2.14. The van der Waals surface area contributed by atoms with Crippen molar-refractivity contribution in [3.63, 3.8) is 0 Å². The summed E-state index contributed by atoms with van der Waals surface area (Å²) in [6, 6.07) is 0. The predicted octanol–water partition coefficient (Wildman–Crippen LogP) is 2.87. The fourth-order valence-electron chi connectivity index (χ4n) is 1.07. The van der Waals surface area contributed by atoms with Gasteiger partial charge in [0.05, 0.1) is 12.2 Å². The summed E-state index contributed by atoms with van der Waals surface area (Å²) in [5.41, 5.74) is -0.722. The van der Waals surface area contributed by atoms with Crippen LogP contribution in [0.1, 0.15) is 53.4 Å². The van der Waals surface area contributed by atoms with E-state index in [4.69, 9.17) is 9.05 Å².